The molecule has 3 aromatic carbocycles. The Labute approximate surface area is 445 Å². The fourth-order valence-electron chi connectivity index (χ4n) is 8.49. The minimum absolute atomic E-state index is 0.0994. The lowest BCUT2D eigenvalue weighted by atomic mass is 10.00. The number of benzene rings is 3. The summed E-state index contributed by atoms with van der Waals surface area (Å²) in [5, 5.41) is 68.1. The van der Waals surface area contributed by atoms with Gasteiger partial charge in [0.2, 0.25) is 47.4 Å². The third-order valence-electron chi connectivity index (χ3n) is 12.6. The van der Waals surface area contributed by atoms with Crippen molar-refractivity contribution < 1.29 is 73.5 Å². The summed E-state index contributed by atoms with van der Waals surface area (Å²) in [5.74, 6) is -12.1. The fourth-order valence-corrected chi connectivity index (χ4v) is 8.49. The Hall–Kier alpha value is -7.96. The van der Waals surface area contributed by atoms with Crippen molar-refractivity contribution in [3.05, 3.63) is 102 Å². The highest BCUT2D eigenvalue weighted by Gasteiger charge is 2.45. The molecule has 0 aliphatic carbocycles. The number of carbonyl (C=O) groups excluding carboxylic acids is 8. The van der Waals surface area contributed by atoms with E-state index in [4.69, 9.17) is 5.73 Å². The molecule has 3 aromatic rings. The highest BCUT2D eigenvalue weighted by molar-refractivity contribution is 6.07. The Balaban J connectivity index is 1.49. The predicted octanol–water partition coefficient (Wildman–Crippen LogP) is -1.63. The SMILES string of the molecule is CC(C)CC(NC(=O)C(N)Cc1ccccc1)C(=O)NC(Cc1ccccc1)C(=O)NC(C(=O)O)C(=O)NC1CCN(C(C(=O)NC(C(=O)NC(Cc2ccc(O)cc2)C(=O)NC(C(=O)O)C(C)C)C(C)O)C(C)O)C1=O. The van der Waals surface area contributed by atoms with Crippen LogP contribution in [0, 0.1) is 11.8 Å². The Morgan fingerprint density at radius 3 is 1.53 bits per heavy atom. The molecule has 14 N–H and O–H groups in total. The minimum atomic E-state index is -2.34. The zero-order valence-corrected chi connectivity index (χ0v) is 43.7. The first kappa shape index (κ1) is 61.6. The number of amides is 8. The van der Waals surface area contributed by atoms with Crippen LogP contribution in [0.25, 0.3) is 0 Å². The number of rotatable bonds is 28. The molecule has 0 radical (unpaired) electrons. The molecule has 0 bridgehead atoms. The van der Waals surface area contributed by atoms with Crippen LogP contribution in [0.2, 0.25) is 0 Å². The van der Waals surface area contributed by atoms with Gasteiger partial charge < -0.3 is 73.4 Å². The van der Waals surface area contributed by atoms with E-state index in [9.17, 15) is 73.5 Å². The number of nitrogens with zero attached hydrogens (tertiary/aromatic N) is 1. The lowest BCUT2D eigenvalue weighted by Crippen LogP contribution is -2.63. The van der Waals surface area contributed by atoms with Gasteiger partial charge >= 0.3 is 11.9 Å². The molecule has 11 unspecified atom stereocenters. The summed E-state index contributed by atoms with van der Waals surface area (Å²) in [6.45, 7) is 8.68. The largest absolute Gasteiger partial charge is 0.508 e. The van der Waals surface area contributed by atoms with E-state index in [1.165, 1.54) is 24.3 Å². The molecule has 1 heterocycles. The maximum Gasteiger partial charge on any atom is 0.336 e. The molecule has 4 rings (SSSR count). The average Bonchev–Trinajstić information content (AvgIpc) is 3.71. The Morgan fingerprint density at radius 1 is 0.558 bits per heavy atom. The first-order valence-electron chi connectivity index (χ1n) is 25.1. The highest BCUT2D eigenvalue weighted by Crippen LogP contribution is 2.19. The van der Waals surface area contributed by atoms with Gasteiger partial charge in [0.15, 0.2) is 0 Å². The number of nitrogens with one attached hydrogen (secondary N) is 7. The molecule has 1 saturated heterocycles. The van der Waals surface area contributed by atoms with Crippen molar-refractivity contribution in [2.24, 2.45) is 17.6 Å². The number of hydrogen-bond donors (Lipinski definition) is 13. The molecule has 1 aliphatic rings. The lowest BCUT2D eigenvalue weighted by Gasteiger charge is -2.32. The second-order valence-electron chi connectivity index (χ2n) is 19.8. The van der Waals surface area contributed by atoms with Crippen LogP contribution in [-0.4, -0.2) is 163 Å². The molecule has 1 fully saturated rings. The second kappa shape index (κ2) is 28.8. The molecule has 24 heteroatoms. The normalized spacial score (nSPS) is 17.2. The zero-order chi connectivity index (χ0) is 57.3. The standard InChI is InChI=1S/C53H71N9O15/c1-27(2)23-37(56-44(66)35(54)24-31-13-9-7-10-14-31)45(67)57-38(25-32-15-11-8-12-16-32)47(69)61-42(53(76)77)49(71)55-36-21-22-62(51(36)73)43(30(6)64)50(72)60-41(29(5)63)48(70)58-39(26-33-17-19-34(65)20-18-33)46(68)59-40(28(3)4)52(74)75/h7-20,27-30,35-43,63-65H,21-26,54H2,1-6H3,(H,55,71)(H,56,66)(H,57,67)(H,58,70)(H,59,68)(H,60,72)(H,61,69)(H,74,75)(H,76,77). The number of likely N-dealkylation sites (tertiary alicyclic amines) is 1. The highest BCUT2D eigenvalue weighted by atomic mass is 16.4. The van der Waals surface area contributed by atoms with E-state index in [2.05, 4.69) is 37.2 Å². The Morgan fingerprint density at radius 2 is 1.04 bits per heavy atom. The quantitative estimate of drug-likeness (QED) is 0.0363. The van der Waals surface area contributed by atoms with Gasteiger partial charge in [0.1, 0.15) is 48.0 Å². The molecule has 418 valence electrons. The third kappa shape index (κ3) is 18.4. The van der Waals surface area contributed by atoms with Crippen molar-refractivity contribution in [2.45, 2.75) is 140 Å². The molecule has 0 saturated carbocycles. The van der Waals surface area contributed by atoms with E-state index in [0.717, 1.165) is 24.3 Å². The average molecular weight is 1070 g/mol. The maximum absolute atomic E-state index is 14.0. The van der Waals surface area contributed by atoms with Gasteiger partial charge in [-0.2, -0.15) is 0 Å². The summed E-state index contributed by atoms with van der Waals surface area (Å²) in [4.78, 5) is 136. The smallest absolute Gasteiger partial charge is 0.336 e. The number of carboxylic acid groups (broad SMARTS) is 2. The monoisotopic (exact) mass is 1070 g/mol. The van der Waals surface area contributed by atoms with Gasteiger partial charge in [0.25, 0.3) is 5.91 Å². The maximum atomic E-state index is 14.0. The molecule has 1 aliphatic heterocycles. The molecule has 0 spiro atoms. The fraction of sp³-hybridized carbons (Fsp3) is 0.472. The van der Waals surface area contributed by atoms with Crippen molar-refractivity contribution in [3.8, 4) is 5.75 Å². The predicted molar refractivity (Wildman–Crippen MR) is 277 cm³/mol. The number of hydrogen-bond acceptors (Lipinski definition) is 14. The van der Waals surface area contributed by atoms with E-state index in [0.29, 0.717) is 11.1 Å². The van der Waals surface area contributed by atoms with E-state index in [1.807, 2.05) is 19.9 Å². The van der Waals surface area contributed by atoms with Crippen LogP contribution in [0.4, 0.5) is 0 Å². The first-order valence-corrected chi connectivity index (χ1v) is 25.1. The topological polar surface area (TPSA) is 385 Å². The van der Waals surface area contributed by atoms with E-state index in [1.54, 1.807) is 68.4 Å². The number of phenols is 1. The van der Waals surface area contributed by atoms with Crippen LogP contribution in [0.1, 0.15) is 71.1 Å². The van der Waals surface area contributed by atoms with Gasteiger partial charge in [-0.3, -0.25) is 38.4 Å². The number of aliphatic carboxylic acids is 2. The summed E-state index contributed by atoms with van der Waals surface area (Å²) < 4.78 is 0. The van der Waals surface area contributed by atoms with Crippen LogP contribution in [0.5, 0.6) is 5.75 Å². The number of carbonyl (C=O) groups is 10. The van der Waals surface area contributed by atoms with Crippen LogP contribution in [0.3, 0.4) is 0 Å². The first-order chi connectivity index (χ1) is 36.3. The van der Waals surface area contributed by atoms with Gasteiger partial charge in [0.05, 0.1) is 18.2 Å². The third-order valence-corrected chi connectivity index (χ3v) is 12.6. The lowest BCUT2D eigenvalue weighted by molar-refractivity contribution is -0.148. The summed E-state index contributed by atoms with van der Waals surface area (Å²) in [6.07, 6.45) is -3.72. The molecule has 8 amide bonds. The van der Waals surface area contributed by atoms with Crippen LogP contribution >= 0.6 is 0 Å². The number of phenolic OH excluding ortho intramolecular Hbond substituents is 1. The van der Waals surface area contributed by atoms with Crippen molar-refractivity contribution >= 4 is 59.2 Å². The number of aliphatic hydroxyl groups excluding tert-OH is 2. The molecule has 24 nitrogen and oxygen atoms in total. The summed E-state index contributed by atoms with van der Waals surface area (Å²) in [6, 6.07) is 8.76. The van der Waals surface area contributed by atoms with Gasteiger partial charge in [-0.1, -0.05) is 100 Å². The molecule has 77 heavy (non-hydrogen) atoms. The molecular formula is C53H71N9O15. The van der Waals surface area contributed by atoms with Crippen molar-refractivity contribution in [1.82, 2.24) is 42.1 Å². The van der Waals surface area contributed by atoms with Gasteiger partial charge in [-0.25, -0.2) is 9.59 Å². The van der Waals surface area contributed by atoms with E-state index < -0.39 is 132 Å². The summed E-state index contributed by atoms with van der Waals surface area (Å²) >= 11 is 0. The minimum Gasteiger partial charge on any atom is -0.508 e. The number of aliphatic hydroxyl groups is 2. The van der Waals surface area contributed by atoms with E-state index in [-0.39, 0.29) is 50.3 Å². The Bertz CT molecular complexity index is 2550. The molecule has 11 atom stereocenters. The number of nitrogens with two attached hydrogens (primary N) is 1. The molecule has 0 aromatic heterocycles. The molecular weight excluding hydrogens is 1000 g/mol. The van der Waals surface area contributed by atoms with Gasteiger partial charge in [-0.15, -0.1) is 0 Å². The van der Waals surface area contributed by atoms with Crippen LogP contribution < -0.4 is 43.0 Å². The van der Waals surface area contributed by atoms with Crippen molar-refractivity contribution in [3.63, 3.8) is 0 Å². The summed E-state index contributed by atoms with van der Waals surface area (Å²) in [7, 11) is 0. The van der Waals surface area contributed by atoms with E-state index >= 15 is 0 Å². The number of carboxylic acids is 2. The van der Waals surface area contributed by atoms with Crippen LogP contribution in [-0.2, 0) is 67.2 Å². The second-order valence-corrected chi connectivity index (χ2v) is 19.8. The number of aromatic hydroxyl groups is 1. The van der Waals surface area contributed by atoms with Gasteiger partial charge in [-0.05, 0) is 73.8 Å². The summed E-state index contributed by atoms with van der Waals surface area (Å²) in [5.41, 5.74) is 7.94. The zero-order valence-electron chi connectivity index (χ0n) is 43.7. The van der Waals surface area contributed by atoms with Gasteiger partial charge in [0, 0.05) is 19.4 Å². The Kier molecular flexibility index (Phi) is 23.0. The van der Waals surface area contributed by atoms with Crippen LogP contribution in [0.15, 0.2) is 84.9 Å². The van der Waals surface area contributed by atoms with Crippen molar-refractivity contribution in [2.75, 3.05) is 6.54 Å². The van der Waals surface area contributed by atoms with Crippen molar-refractivity contribution in [1.29, 1.82) is 0 Å².